The van der Waals surface area contributed by atoms with Gasteiger partial charge in [0.05, 0.1) is 11.9 Å². The Balaban J connectivity index is 1.53. The highest BCUT2D eigenvalue weighted by Gasteiger charge is 2.30. The minimum atomic E-state index is -3.67. The van der Waals surface area contributed by atoms with Gasteiger partial charge in [-0.1, -0.05) is 30.3 Å². The van der Waals surface area contributed by atoms with Gasteiger partial charge in [-0.15, -0.1) is 0 Å². The molecule has 6 nitrogen and oxygen atoms in total. The average molecular weight is 407 g/mol. The second-order valence-corrected chi connectivity index (χ2v) is 8.97. The molecule has 2 aromatic rings. The van der Waals surface area contributed by atoms with Crippen molar-refractivity contribution in [1.29, 1.82) is 0 Å². The van der Waals surface area contributed by atoms with Crippen LogP contribution in [-0.4, -0.2) is 63.3 Å². The number of likely N-dealkylation sites (N-methyl/N-ethyl adjacent to an activating group) is 1. The van der Waals surface area contributed by atoms with Gasteiger partial charge < -0.3 is 9.80 Å². The van der Waals surface area contributed by atoms with E-state index in [4.69, 9.17) is 0 Å². The summed E-state index contributed by atoms with van der Waals surface area (Å²) >= 11 is 0. The molecule has 1 N–H and O–H groups in total. The first-order chi connectivity index (χ1) is 13.4. The molecule has 1 heterocycles. The van der Waals surface area contributed by atoms with E-state index in [2.05, 4.69) is 0 Å². The molecule has 8 heteroatoms. The van der Waals surface area contributed by atoms with E-state index in [1.807, 2.05) is 37.4 Å². The van der Waals surface area contributed by atoms with Crippen LogP contribution in [0.5, 0.6) is 0 Å². The van der Waals surface area contributed by atoms with E-state index in [0.29, 0.717) is 19.6 Å². The Hall–Kier alpha value is -2.29. The van der Waals surface area contributed by atoms with Crippen LogP contribution < -0.4 is 4.90 Å². The molecule has 1 saturated heterocycles. The summed E-state index contributed by atoms with van der Waals surface area (Å²) < 4.78 is 39.7. The summed E-state index contributed by atoms with van der Waals surface area (Å²) in [6.07, 6.45) is 0. The quantitative estimate of drug-likeness (QED) is 0.754. The Labute approximate surface area is 165 Å². The van der Waals surface area contributed by atoms with Crippen molar-refractivity contribution >= 4 is 15.9 Å². The molecule has 0 aromatic heterocycles. The first-order valence-corrected chi connectivity index (χ1v) is 10.7. The van der Waals surface area contributed by atoms with Crippen LogP contribution in [-0.2, 0) is 21.4 Å². The van der Waals surface area contributed by atoms with E-state index in [-0.39, 0.29) is 23.9 Å². The van der Waals surface area contributed by atoms with Crippen LogP contribution in [0.4, 0.5) is 4.39 Å². The fraction of sp³-hybridized carbons (Fsp3) is 0.350. The normalized spacial score (nSPS) is 16.7. The Morgan fingerprint density at radius 2 is 1.61 bits per heavy atom. The van der Waals surface area contributed by atoms with E-state index in [1.165, 1.54) is 22.0 Å². The van der Waals surface area contributed by atoms with Gasteiger partial charge >= 0.3 is 0 Å². The molecule has 1 aliphatic heterocycles. The molecule has 3 rings (SSSR count). The van der Waals surface area contributed by atoms with Crippen LogP contribution in [0.3, 0.4) is 0 Å². The number of benzene rings is 2. The van der Waals surface area contributed by atoms with Crippen LogP contribution in [0.2, 0.25) is 0 Å². The Morgan fingerprint density at radius 3 is 2.21 bits per heavy atom. The number of quaternary nitrogens is 1. The molecular weight excluding hydrogens is 381 g/mol. The summed E-state index contributed by atoms with van der Waals surface area (Å²) in [4.78, 5) is 15.4. The number of carbonyl (C=O) groups excluding carboxylic acids is 1. The predicted molar refractivity (Wildman–Crippen MR) is 104 cm³/mol. The SMILES string of the molecule is C[NH+](CC(=O)N1CCN(S(=O)(=O)c2ccc(F)cc2)CC1)Cc1ccccc1. The molecule has 0 bridgehead atoms. The molecular formula is C20H25FN3O3S+. The van der Waals surface area contributed by atoms with Crippen molar-refractivity contribution in [2.24, 2.45) is 0 Å². The highest BCUT2D eigenvalue weighted by atomic mass is 32.2. The average Bonchev–Trinajstić information content (AvgIpc) is 2.69. The number of nitrogens with zero attached hydrogens (tertiary/aromatic N) is 2. The lowest BCUT2D eigenvalue weighted by Gasteiger charge is -2.34. The lowest BCUT2D eigenvalue weighted by molar-refractivity contribution is -0.885. The molecule has 0 spiro atoms. The standard InChI is InChI=1S/C20H24FN3O3S/c1-22(15-17-5-3-2-4-6-17)16-20(25)23-11-13-24(14-12-23)28(26,27)19-9-7-18(21)8-10-19/h2-10H,11-16H2,1H3/p+1. The van der Waals surface area contributed by atoms with Gasteiger partial charge in [0.2, 0.25) is 10.0 Å². The molecule has 1 aliphatic rings. The number of halogens is 1. The number of hydrogen-bond acceptors (Lipinski definition) is 3. The van der Waals surface area contributed by atoms with E-state index in [0.717, 1.165) is 23.6 Å². The van der Waals surface area contributed by atoms with Gasteiger partial charge in [-0.2, -0.15) is 4.31 Å². The van der Waals surface area contributed by atoms with Crippen molar-refractivity contribution in [2.75, 3.05) is 39.8 Å². The fourth-order valence-corrected chi connectivity index (χ4v) is 4.73. The maximum Gasteiger partial charge on any atom is 0.277 e. The third kappa shape index (κ3) is 4.95. The van der Waals surface area contributed by atoms with Gasteiger partial charge in [0, 0.05) is 31.7 Å². The molecule has 0 radical (unpaired) electrons. The molecule has 0 aliphatic carbocycles. The van der Waals surface area contributed by atoms with Crippen LogP contribution in [0.25, 0.3) is 0 Å². The molecule has 28 heavy (non-hydrogen) atoms. The maximum atomic E-state index is 13.0. The highest BCUT2D eigenvalue weighted by Crippen LogP contribution is 2.18. The predicted octanol–water partition coefficient (Wildman–Crippen LogP) is 0.374. The largest absolute Gasteiger partial charge is 0.335 e. The van der Waals surface area contributed by atoms with Gasteiger partial charge in [0.1, 0.15) is 12.4 Å². The van der Waals surface area contributed by atoms with E-state index in [9.17, 15) is 17.6 Å². The maximum absolute atomic E-state index is 13.0. The fourth-order valence-electron chi connectivity index (χ4n) is 3.31. The molecule has 1 fully saturated rings. The van der Waals surface area contributed by atoms with Crippen molar-refractivity contribution in [1.82, 2.24) is 9.21 Å². The van der Waals surface area contributed by atoms with Gasteiger partial charge in [-0.25, -0.2) is 12.8 Å². The van der Waals surface area contributed by atoms with Gasteiger partial charge in [-0.3, -0.25) is 4.79 Å². The Morgan fingerprint density at radius 1 is 1.00 bits per heavy atom. The van der Waals surface area contributed by atoms with Crippen molar-refractivity contribution in [3.8, 4) is 0 Å². The summed E-state index contributed by atoms with van der Waals surface area (Å²) in [5.74, 6) is -0.455. The van der Waals surface area contributed by atoms with Crippen LogP contribution in [0.1, 0.15) is 5.56 Å². The summed E-state index contributed by atoms with van der Waals surface area (Å²) in [7, 11) is -1.70. The lowest BCUT2D eigenvalue weighted by atomic mass is 10.2. The number of piperazine rings is 1. The molecule has 1 atom stereocenters. The van der Waals surface area contributed by atoms with Crippen molar-refractivity contribution in [3.63, 3.8) is 0 Å². The number of rotatable bonds is 6. The zero-order chi connectivity index (χ0) is 20.1. The molecule has 1 unspecified atom stereocenters. The summed E-state index contributed by atoms with van der Waals surface area (Å²) in [5, 5.41) is 0. The van der Waals surface area contributed by atoms with Gasteiger partial charge in [-0.05, 0) is 24.3 Å². The molecule has 1 amide bonds. The third-order valence-corrected chi connectivity index (χ3v) is 6.76. The van der Waals surface area contributed by atoms with Crippen molar-refractivity contribution in [3.05, 3.63) is 66.0 Å². The second-order valence-electron chi connectivity index (χ2n) is 7.04. The summed E-state index contributed by atoms with van der Waals surface area (Å²) in [6.45, 7) is 2.31. The van der Waals surface area contributed by atoms with Crippen LogP contribution in [0.15, 0.2) is 59.5 Å². The van der Waals surface area contributed by atoms with Crippen LogP contribution >= 0.6 is 0 Å². The van der Waals surface area contributed by atoms with E-state index in [1.54, 1.807) is 4.90 Å². The number of hydrogen-bond donors (Lipinski definition) is 1. The van der Waals surface area contributed by atoms with E-state index < -0.39 is 15.8 Å². The first kappa shape index (κ1) is 20.4. The number of nitrogens with one attached hydrogen (secondary N) is 1. The Kier molecular flexibility index (Phi) is 6.43. The monoisotopic (exact) mass is 406 g/mol. The van der Waals surface area contributed by atoms with E-state index >= 15 is 0 Å². The van der Waals surface area contributed by atoms with Crippen molar-refractivity contribution in [2.45, 2.75) is 11.4 Å². The minimum absolute atomic E-state index is 0.0206. The molecule has 2 aromatic carbocycles. The first-order valence-electron chi connectivity index (χ1n) is 9.25. The Bertz CT molecular complexity index is 896. The topological polar surface area (TPSA) is 62.1 Å². The highest BCUT2D eigenvalue weighted by molar-refractivity contribution is 7.89. The lowest BCUT2D eigenvalue weighted by Crippen LogP contribution is -3.09. The molecule has 0 saturated carbocycles. The van der Waals surface area contributed by atoms with Gasteiger partial charge in [0.15, 0.2) is 6.54 Å². The zero-order valence-electron chi connectivity index (χ0n) is 15.8. The minimum Gasteiger partial charge on any atom is -0.335 e. The van der Waals surface area contributed by atoms with Gasteiger partial charge in [0.25, 0.3) is 5.91 Å². The number of amides is 1. The smallest absolute Gasteiger partial charge is 0.277 e. The molecule has 150 valence electrons. The number of carbonyl (C=O) groups is 1. The second kappa shape index (κ2) is 8.81. The third-order valence-electron chi connectivity index (χ3n) is 4.84. The van der Waals surface area contributed by atoms with Crippen molar-refractivity contribution < 1.29 is 22.5 Å². The number of sulfonamides is 1. The zero-order valence-corrected chi connectivity index (χ0v) is 16.7. The summed E-state index contributed by atoms with van der Waals surface area (Å²) in [6, 6.07) is 14.8. The van der Waals surface area contributed by atoms with Crippen LogP contribution in [0, 0.1) is 5.82 Å². The summed E-state index contributed by atoms with van der Waals surface area (Å²) in [5.41, 5.74) is 1.17.